The number of carbonyl (C=O) groups is 1. The van der Waals surface area contributed by atoms with Gasteiger partial charge >= 0.3 is 6.03 Å². The van der Waals surface area contributed by atoms with Crippen molar-refractivity contribution in [3.05, 3.63) is 28.2 Å². The molecule has 0 aliphatic carbocycles. The van der Waals surface area contributed by atoms with Crippen molar-refractivity contribution < 1.29 is 4.79 Å². The summed E-state index contributed by atoms with van der Waals surface area (Å²) in [4.78, 5) is 11.9. The second-order valence-electron chi connectivity index (χ2n) is 4.62. The third kappa shape index (κ3) is 4.56. The van der Waals surface area contributed by atoms with Crippen LogP contribution in [-0.4, -0.2) is 25.2 Å². The second kappa shape index (κ2) is 6.98. The van der Waals surface area contributed by atoms with E-state index in [1.54, 1.807) is 18.2 Å². The van der Waals surface area contributed by atoms with Crippen LogP contribution < -0.4 is 16.0 Å². The van der Waals surface area contributed by atoms with E-state index in [4.69, 9.17) is 23.2 Å². The molecular formula is C13H17Cl2N3O. The Balaban J connectivity index is 1.87. The first kappa shape index (κ1) is 14.4. The fourth-order valence-electron chi connectivity index (χ4n) is 2.07. The smallest absolute Gasteiger partial charge is 0.319 e. The van der Waals surface area contributed by atoms with Crippen molar-refractivity contribution in [2.24, 2.45) is 0 Å². The van der Waals surface area contributed by atoms with Gasteiger partial charge in [-0.25, -0.2) is 4.79 Å². The Morgan fingerprint density at radius 2 is 2.11 bits per heavy atom. The molecule has 4 nitrogen and oxygen atoms in total. The van der Waals surface area contributed by atoms with Gasteiger partial charge in [0.05, 0.1) is 10.0 Å². The SMILES string of the molecule is O=C(Nc1ccc(Cl)c(Cl)c1)NC1CCCCNC1. The molecule has 19 heavy (non-hydrogen) atoms. The zero-order valence-corrected chi connectivity index (χ0v) is 12.0. The van der Waals surface area contributed by atoms with Crippen LogP contribution in [0.15, 0.2) is 18.2 Å². The van der Waals surface area contributed by atoms with Crippen molar-refractivity contribution in [2.75, 3.05) is 18.4 Å². The molecule has 0 saturated carbocycles. The highest BCUT2D eigenvalue weighted by molar-refractivity contribution is 6.42. The molecule has 1 aliphatic heterocycles. The maximum Gasteiger partial charge on any atom is 0.319 e. The molecule has 0 bridgehead atoms. The van der Waals surface area contributed by atoms with Gasteiger partial charge in [-0.1, -0.05) is 29.6 Å². The Bertz CT molecular complexity index is 446. The van der Waals surface area contributed by atoms with Crippen LogP contribution in [0.3, 0.4) is 0 Å². The normalized spacial score (nSPS) is 19.6. The standard InChI is InChI=1S/C13H17Cl2N3O/c14-11-5-4-9(7-12(11)15)17-13(19)18-10-3-1-2-6-16-8-10/h4-5,7,10,16H,1-3,6,8H2,(H2,17,18,19). The van der Waals surface area contributed by atoms with Crippen molar-refractivity contribution in [2.45, 2.75) is 25.3 Å². The molecule has 1 heterocycles. The number of anilines is 1. The van der Waals surface area contributed by atoms with E-state index in [1.165, 1.54) is 0 Å². The molecule has 1 fully saturated rings. The molecule has 2 rings (SSSR count). The number of carbonyl (C=O) groups excluding carboxylic acids is 1. The van der Waals surface area contributed by atoms with E-state index in [9.17, 15) is 4.79 Å². The predicted octanol–water partition coefficient (Wildman–Crippen LogP) is 3.26. The minimum Gasteiger partial charge on any atom is -0.334 e. The summed E-state index contributed by atoms with van der Waals surface area (Å²) in [6.45, 7) is 1.83. The fraction of sp³-hybridized carbons (Fsp3) is 0.462. The molecule has 0 spiro atoms. The van der Waals surface area contributed by atoms with E-state index in [0.717, 1.165) is 32.4 Å². The highest BCUT2D eigenvalue weighted by Gasteiger charge is 2.14. The van der Waals surface area contributed by atoms with Gasteiger partial charge in [0.25, 0.3) is 0 Å². The van der Waals surface area contributed by atoms with Crippen molar-refractivity contribution in [1.29, 1.82) is 0 Å². The van der Waals surface area contributed by atoms with E-state index in [0.29, 0.717) is 15.7 Å². The summed E-state index contributed by atoms with van der Waals surface area (Å²) in [6.07, 6.45) is 3.29. The van der Waals surface area contributed by atoms with Gasteiger partial charge in [-0.2, -0.15) is 0 Å². The number of nitrogens with one attached hydrogen (secondary N) is 3. The summed E-state index contributed by atoms with van der Waals surface area (Å²) in [5.41, 5.74) is 0.633. The first-order valence-electron chi connectivity index (χ1n) is 6.38. The first-order chi connectivity index (χ1) is 9.15. The van der Waals surface area contributed by atoms with Crippen LogP contribution in [0.5, 0.6) is 0 Å². The van der Waals surface area contributed by atoms with Crippen LogP contribution in [0.25, 0.3) is 0 Å². The highest BCUT2D eigenvalue weighted by atomic mass is 35.5. The van der Waals surface area contributed by atoms with Crippen molar-refractivity contribution >= 4 is 34.9 Å². The molecule has 1 atom stereocenters. The number of hydrogen-bond donors (Lipinski definition) is 3. The minimum absolute atomic E-state index is 0.172. The molecule has 1 aliphatic rings. The van der Waals surface area contributed by atoms with Crippen molar-refractivity contribution in [3.63, 3.8) is 0 Å². The zero-order chi connectivity index (χ0) is 13.7. The molecule has 104 valence electrons. The maximum absolute atomic E-state index is 11.9. The second-order valence-corrected chi connectivity index (χ2v) is 5.44. The van der Waals surface area contributed by atoms with E-state index < -0.39 is 0 Å². The molecule has 0 aromatic heterocycles. The van der Waals surface area contributed by atoms with E-state index in [2.05, 4.69) is 16.0 Å². The van der Waals surface area contributed by atoms with Crippen molar-refractivity contribution in [3.8, 4) is 0 Å². The zero-order valence-electron chi connectivity index (χ0n) is 10.5. The molecule has 1 unspecified atom stereocenters. The van der Waals surface area contributed by atoms with E-state index >= 15 is 0 Å². The fourth-order valence-corrected chi connectivity index (χ4v) is 2.37. The summed E-state index contributed by atoms with van der Waals surface area (Å²) in [5, 5.41) is 9.91. The average Bonchev–Trinajstić information content (AvgIpc) is 2.62. The first-order valence-corrected chi connectivity index (χ1v) is 7.14. The van der Waals surface area contributed by atoms with E-state index in [1.807, 2.05) is 0 Å². The van der Waals surface area contributed by atoms with Crippen molar-refractivity contribution in [1.82, 2.24) is 10.6 Å². The summed E-state index contributed by atoms with van der Waals surface area (Å²) >= 11 is 11.7. The number of urea groups is 1. The number of halogens is 2. The number of rotatable bonds is 2. The van der Waals surface area contributed by atoms with Gasteiger partial charge in [-0.15, -0.1) is 0 Å². The lowest BCUT2D eigenvalue weighted by Crippen LogP contribution is -2.42. The lowest BCUT2D eigenvalue weighted by Gasteiger charge is -2.17. The quantitative estimate of drug-likeness (QED) is 0.785. The van der Waals surface area contributed by atoms with Gasteiger partial charge in [0.15, 0.2) is 0 Å². The third-order valence-corrected chi connectivity index (χ3v) is 3.80. The van der Waals surface area contributed by atoms with Crippen LogP contribution in [0.2, 0.25) is 10.0 Å². The van der Waals surface area contributed by atoms with Crippen LogP contribution in [0.4, 0.5) is 10.5 Å². The molecule has 1 aromatic carbocycles. The minimum atomic E-state index is -0.216. The van der Waals surface area contributed by atoms with Crippen LogP contribution in [0.1, 0.15) is 19.3 Å². The Morgan fingerprint density at radius 1 is 1.26 bits per heavy atom. The number of benzene rings is 1. The van der Waals surface area contributed by atoms with Crippen LogP contribution in [0, 0.1) is 0 Å². The predicted molar refractivity (Wildman–Crippen MR) is 79.1 cm³/mol. The van der Waals surface area contributed by atoms with Gasteiger partial charge in [0.2, 0.25) is 0 Å². The van der Waals surface area contributed by atoms with Crippen LogP contribution in [-0.2, 0) is 0 Å². The largest absolute Gasteiger partial charge is 0.334 e. The Morgan fingerprint density at radius 3 is 2.89 bits per heavy atom. The Hall–Kier alpha value is -0.970. The lowest BCUT2D eigenvalue weighted by molar-refractivity contribution is 0.247. The molecule has 6 heteroatoms. The number of amides is 2. The van der Waals surface area contributed by atoms with E-state index in [-0.39, 0.29) is 12.1 Å². The summed E-state index contributed by atoms with van der Waals surface area (Å²) < 4.78 is 0. The maximum atomic E-state index is 11.9. The summed E-state index contributed by atoms with van der Waals surface area (Å²) in [7, 11) is 0. The lowest BCUT2D eigenvalue weighted by atomic mass is 10.1. The van der Waals surface area contributed by atoms with Gasteiger partial charge in [-0.3, -0.25) is 0 Å². The highest BCUT2D eigenvalue weighted by Crippen LogP contribution is 2.24. The Kier molecular flexibility index (Phi) is 5.31. The van der Waals surface area contributed by atoms with Crippen LogP contribution >= 0.6 is 23.2 Å². The third-order valence-electron chi connectivity index (χ3n) is 3.06. The topological polar surface area (TPSA) is 53.2 Å². The molecule has 1 saturated heterocycles. The van der Waals surface area contributed by atoms with Gasteiger partial charge in [0, 0.05) is 18.3 Å². The molecule has 3 N–H and O–H groups in total. The van der Waals surface area contributed by atoms with Gasteiger partial charge in [-0.05, 0) is 37.6 Å². The average molecular weight is 302 g/mol. The molecular weight excluding hydrogens is 285 g/mol. The number of hydrogen-bond acceptors (Lipinski definition) is 2. The van der Waals surface area contributed by atoms with Gasteiger partial charge in [0.1, 0.15) is 0 Å². The monoisotopic (exact) mass is 301 g/mol. The Labute approximate surface area is 122 Å². The molecule has 1 aromatic rings. The van der Waals surface area contributed by atoms with Gasteiger partial charge < -0.3 is 16.0 Å². The summed E-state index contributed by atoms with van der Waals surface area (Å²) in [5.74, 6) is 0. The molecule has 2 amide bonds. The molecule has 0 radical (unpaired) electrons. The summed E-state index contributed by atoms with van der Waals surface area (Å²) in [6, 6.07) is 4.97.